The van der Waals surface area contributed by atoms with Crippen LogP contribution in [0.4, 0.5) is 0 Å². The van der Waals surface area contributed by atoms with Crippen LogP contribution in [0.2, 0.25) is 0 Å². The maximum Gasteiger partial charge on any atom is 0.0267 e. The first kappa shape index (κ1) is 25.2. The number of nitrogens with zero attached hydrogens (tertiary/aromatic N) is 1. The van der Waals surface area contributed by atoms with Gasteiger partial charge >= 0.3 is 0 Å². The van der Waals surface area contributed by atoms with E-state index >= 15 is 0 Å². The zero-order valence-corrected chi connectivity index (χ0v) is 12.9. The van der Waals surface area contributed by atoms with E-state index in [1.54, 1.807) is 12.4 Å². The molecule has 0 amide bonds. The van der Waals surface area contributed by atoms with E-state index in [0.29, 0.717) is 0 Å². The Morgan fingerprint density at radius 3 is 1.10 bits per heavy atom. The Bertz CT molecular complexity index is 196. The quantitative estimate of drug-likeness (QED) is 0.581. The SMILES string of the molecule is C1CCNCC1.C1CNCCN1.[B].[B].[B].c1ccncc1. The van der Waals surface area contributed by atoms with Gasteiger partial charge in [-0.3, -0.25) is 4.98 Å². The highest BCUT2D eigenvalue weighted by Gasteiger charge is 1.93. The minimum Gasteiger partial charge on any atom is -0.317 e. The standard InChI is InChI=1S/C5H11N.C5H5N.C4H10N2.3B/c2*1-2-4-6-5-3-1;1-2-6-4-3-5-1;;;/h6H,1-5H2;1-5H;5-6H,1-4H2;;;. The first-order valence-electron chi connectivity index (χ1n) is 6.97. The summed E-state index contributed by atoms with van der Waals surface area (Å²) in [7, 11) is 0. The molecule has 2 saturated heterocycles. The van der Waals surface area contributed by atoms with Crippen LogP contribution in [0.3, 0.4) is 0 Å². The fourth-order valence-corrected chi connectivity index (χ4v) is 1.72. The third kappa shape index (κ3) is 19.2. The molecule has 3 heterocycles. The molecule has 3 N–H and O–H groups in total. The lowest BCUT2D eigenvalue weighted by atomic mass is 10.2. The maximum absolute atomic E-state index is 3.78. The molecule has 3 rings (SSSR count). The summed E-state index contributed by atoms with van der Waals surface area (Å²) in [5, 5.41) is 9.73. The molecule has 2 aliphatic rings. The smallest absolute Gasteiger partial charge is 0.0267 e. The van der Waals surface area contributed by atoms with Gasteiger partial charge in [-0.05, 0) is 38.1 Å². The van der Waals surface area contributed by atoms with Crippen molar-refractivity contribution in [2.75, 3.05) is 39.3 Å². The Kier molecular flexibility index (Phi) is 25.8. The summed E-state index contributed by atoms with van der Waals surface area (Å²) in [6.45, 7) is 7.06. The van der Waals surface area contributed by atoms with Crippen LogP contribution in [0.15, 0.2) is 30.6 Å². The zero-order chi connectivity index (χ0) is 12.7. The second kappa shape index (κ2) is 21.5. The summed E-state index contributed by atoms with van der Waals surface area (Å²) in [4.78, 5) is 3.78. The molecule has 2 fully saturated rings. The molecule has 4 nitrogen and oxygen atoms in total. The van der Waals surface area contributed by atoms with Crippen molar-refractivity contribution in [1.29, 1.82) is 0 Å². The lowest BCUT2D eigenvalue weighted by Gasteiger charge is -2.11. The molecule has 2 aliphatic heterocycles. The van der Waals surface area contributed by atoms with Gasteiger partial charge in [-0.25, -0.2) is 0 Å². The zero-order valence-electron chi connectivity index (χ0n) is 12.9. The highest BCUT2D eigenvalue weighted by atomic mass is 15.0. The van der Waals surface area contributed by atoms with Crippen molar-refractivity contribution < 1.29 is 0 Å². The van der Waals surface area contributed by atoms with E-state index in [1.165, 1.54) is 32.4 Å². The molecule has 21 heavy (non-hydrogen) atoms. The van der Waals surface area contributed by atoms with Gasteiger partial charge in [-0.1, -0.05) is 12.5 Å². The van der Waals surface area contributed by atoms with Gasteiger partial charge in [0, 0.05) is 63.8 Å². The molecule has 1 aromatic heterocycles. The fourth-order valence-electron chi connectivity index (χ4n) is 1.72. The molecule has 7 heteroatoms. The largest absolute Gasteiger partial charge is 0.317 e. The second-order valence-electron chi connectivity index (χ2n) is 4.34. The van der Waals surface area contributed by atoms with Gasteiger partial charge in [0.25, 0.3) is 0 Å². The maximum atomic E-state index is 3.78. The van der Waals surface area contributed by atoms with Crippen molar-refractivity contribution in [3.63, 3.8) is 0 Å². The molecule has 0 saturated carbocycles. The van der Waals surface area contributed by atoms with Crippen molar-refractivity contribution in [2.45, 2.75) is 19.3 Å². The van der Waals surface area contributed by atoms with Gasteiger partial charge in [-0.2, -0.15) is 0 Å². The van der Waals surface area contributed by atoms with Crippen LogP contribution in [0, 0.1) is 0 Å². The number of nitrogens with one attached hydrogen (secondary N) is 3. The lowest BCUT2D eigenvalue weighted by molar-refractivity contribution is 0.520. The van der Waals surface area contributed by atoms with Crippen LogP contribution in [-0.2, 0) is 0 Å². The number of aromatic nitrogens is 1. The summed E-state index contributed by atoms with van der Waals surface area (Å²) >= 11 is 0. The van der Waals surface area contributed by atoms with Crippen molar-refractivity contribution in [1.82, 2.24) is 20.9 Å². The van der Waals surface area contributed by atoms with Crippen molar-refractivity contribution in [3.05, 3.63) is 30.6 Å². The molecule has 0 unspecified atom stereocenters. The van der Waals surface area contributed by atoms with E-state index in [2.05, 4.69) is 20.9 Å². The number of piperazine rings is 1. The average Bonchev–Trinajstić information content (AvgIpc) is 2.54. The monoisotopic (exact) mass is 283 g/mol. The average molecular weight is 283 g/mol. The van der Waals surface area contributed by atoms with Gasteiger partial charge in [0.1, 0.15) is 0 Å². The third-order valence-corrected chi connectivity index (χ3v) is 2.73. The van der Waals surface area contributed by atoms with E-state index in [1.807, 2.05) is 18.2 Å². The molecule has 0 atom stereocenters. The van der Waals surface area contributed by atoms with Gasteiger partial charge in [-0.15, -0.1) is 0 Å². The number of rotatable bonds is 0. The van der Waals surface area contributed by atoms with Crippen LogP contribution in [0.5, 0.6) is 0 Å². The van der Waals surface area contributed by atoms with E-state index in [-0.39, 0.29) is 25.2 Å². The Labute approximate surface area is 136 Å². The van der Waals surface area contributed by atoms with E-state index in [0.717, 1.165) is 26.2 Å². The van der Waals surface area contributed by atoms with Crippen molar-refractivity contribution >= 4 is 25.2 Å². The lowest BCUT2D eigenvalue weighted by Crippen LogP contribution is -2.39. The van der Waals surface area contributed by atoms with Gasteiger partial charge in [0.15, 0.2) is 0 Å². The topological polar surface area (TPSA) is 49.0 Å². The molecular weight excluding hydrogens is 257 g/mol. The first-order valence-corrected chi connectivity index (χ1v) is 6.97. The Hall–Kier alpha value is -0.775. The third-order valence-electron chi connectivity index (χ3n) is 2.73. The minimum absolute atomic E-state index is 0. The Balaban J connectivity index is -0.000000216. The highest BCUT2D eigenvalue weighted by molar-refractivity contribution is 5.76. The van der Waals surface area contributed by atoms with Crippen LogP contribution in [0.25, 0.3) is 0 Å². The van der Waals surface area contributed by atoms with Crippen LogP contribution >= 0.6 is 0 Å². The molecule has 0 spiro atoms. The molecule has 0 bridgehead atoms. The van der Waals surface area contributed by atoms with E-state index < -0.39 is 0 Å². The van der Waals surface area contributed by atoms with E-state index in [9.17, 15) is 0 Å². The predicted molar refractivity (Wildman–Crippen MR) is 94.0 cm³/mol. The normalized spacial score (nSPS) is 16.0. The number of piperidine rings is 1. The molecule has 111 valence electrons. The Morgan fingerprint density at radius 1 is 0.524 bits per heavy atom. The molecule has 1 aromatic rings. The van der Waals surface area contributed by atoms with Crippen molar-refractivity contribution in [2.24, 2.45) is 0 Å². The number of pyridine rings is 1. The number of hydrogen-bond donors (Lipinski definition) is 3. The summed E-state index contributed by atoms with van der Waals surface area (Å²) in [6.07, 6.45) is 7.72. The predicted octanol–water partition coefficient (Wildman–Crippen LogP) is -0.122. The number of hydrogen-bond acceptors (Lipinski definition) is 4. The molecule has 0 aromatic carbocycles. The van der Waals surface area contributed by atoms with Gasteiger partial charge in [0.05, 0.1) is 0 Å². The van der Waals surface area contributed by atoms with Crippen LogP contribution in [0.1, 0.15) is 19.3 Å². The summed E-state index contributed by atoms with van der Waals surface area (Å²) < 4.78 is 0. The summed E-state index contributed by atoms with van der Waals surface area (Å²) in [5.74, 6) is 0. The first-order chi connectivity index (χ1) is 9.00. The molecule has 0 aliphatic carbocycles. The molecule has 9 radical (unpaired) electrons. The van der Waals surface area contributed by atoms with E-state index in [4.69, 9.17) is 0 Å². The molecular formula is C14H26B3N4. The van der Waals surface area contributed by atoms with Gasteiger partial charge in [0.2, 0.25) is 0 Å². The minimum atomic E-state index is 0. The van der Waals surface area contributed by atoms with Gasteiger partial charge < -0.3 is 16.0 Å². The fraction of sp³-hybridized carbons (Fsp3) is 0.643. The summed E-state index contributed by atoms with van der Waals surface area (Å²) in [6, 6.07) is 5.72. The second-order valence-corrected chi connectivity index (χ2v) is 4.34. The van der Waals surface area contributed by atoms with Crippen LogP contribution < -0.4 is 16.0 Å². The van der Waals surface area contributed by atoms with Crippen LogP contribution in [-0.4, -0.2) is 69.5 Å². The van der Waals surface area contributed by atoms with Crippen molar-refractivity contribution in [3.8, 4) is 0 Å². The Morgan fingerprint density at radius 2 is 0.952 bits per heavy atom. The highest BCUT2D eigenvalue weighted by Crippen LogP contribution is 1.96. The summed E-state index contributed by atoms with van der Waals surface area (Å²) in [5.41, 5.74) is 0.